The Bertz CT molecular complexity index is 781. The molecule has 3 rings (SSSR count). The lowest BCUT2D eigenvalue weighted by Gasteiger charge is -2.47. The Morgan fingerprint density at radius 3 is 2.59 bits per heavy atom. The Balaban J connectivity index is 1.84. The fourth-order valence-electron chi connectivity index (χ4n) is 4.28. The van der Waals surface area contributed by atoms with Gasteiger partial charge in [-0.3, -0.25) is 9.78 Å². The van der Waals surface area contributed by atoms with Crippen molar-refractivity contribution < 1.29 is 19.8 Å². The van der Waals surface area contributed by atoms with Gasteiger partial charge in [0.2, 0.25) is 5.91 Å². The van der Waals surface area contributed by atoms with Crippen LogP contribution in [0.15, 0.2) is 35.1 Å². The maximum Gasteiger partial charge on any atom is 0.353 e. The van der Waals surface area contributed by atoms with E-state index in [4.69, 9.17) is 0 Å². The number of rotatable bonds is 10. The molecule has 1 saturated heterocycles. The highest BCUT2D eigenvalue weighted by molar-refractivity contribution is 8.02. The van der Waals surface area contributed by atoms with Crippen molar-refractivity contribution in [1.29, 1.82) is 0 Å². The first-order valence-electron chi connectivity index (χ1n) is 9.98. The molecular formula is C21H29N3O4S. The van der Waals surface area contributed by atoms with E-state index >= 15 is 0 Å². The molecule has 1 amide bonds. The molecule has 0 saturated carbocycles. The molecule has 4 atom stereocenters. The minimum Gasteiger partial charge on any atom is -0.477 e. The maximum atomic E-state index is 12.6. The third-order valence-corrected chi connectivity index (χ3v) is 6.93. The number of thioether (sulfide) groups is 1. The van der Waals surface area contributed by atoms with Crippen LogP contribution in [0.25, 0.3) is 0 Å². The molecule has 2 aliphatic rings. The highest BCUT2D eigenvalue weighted by Gasteiger charge is 2.60. The van der Waals surface area contributed by atoms with E-state index in [9.17, 15) is 19.8 Å². The van der Waals surface area contributed by atoms with E-state index < -0.39 is 18.0 Å². The summed E-state index contributed by atoms with van der Waals surface area (Å²) in [6, 6.07) is 3.56. The third-order valence-electron chi connectivity index (χ3n) is 5.65. The van der Waals surface area contributed by atoms with Crippen molar-refractivity contribution in [3.8, 4) is 0 Å². The monoisotopic (exact) mass is 419 g/mol. The fourth-order valence-corrected chi connectivity index (χ4v) is 5.59. The van der Waals surface area contributed by atoms with Crippen molar-refractivity contribution in [2.75, 3.05) is 20.6 Å². The quantitative estimate of drug-likeness (QED) is 0.443. The lowest BCUT2D eigenvalue weighted by Crippen LogP contribution is -2.63. The summed E-state index contributed by atoms with van der Waals surface area (Å²) in [4.78, 5) is 33.0. The van der Waals surface area contributed by atoms with Crippen LogP contribution in [0.2, 0.25) is 0 Å². The number of aliphatic carboxylic acids is 1. The van der Waals surface area contributed by atoms with Crippen LogP contribution in [-0.2, 0) is 15.3 Å². The average Bonchev–Trinajstić information content (AvgIpc) is 2.93. The second kappa shape index (κ2) is 9.28. The van der Waals surface area contributed by atoms with Crippen LogP contribution in [0.4, 0.5) is 0 Å². The highest BCUT2D eigenvalue weighted by atomic mass is 32.2. The lowest BCUT2D eigenvalue weighted by atomic mass is 9.77. The fraction of sp³-hybridized carbons (Fsp3) is 0.571. The molecule has 0 aromatic carbocycles. The number of unbranched alkanes of at least 4 members (excludes halogenated alkanes) is 1. The third kappa shape index (κ3) is 4.49. The van der Waals surface area contributed by atoms with Gasteiger partial charge in [0.25, 0.3) is 0 Å². The van der Waals surface area contributed by atoms with Crippen molar-refractivity contribution >= 4 is 23.6 Å². The number of carboxylic acid groups (broad SMARTS) is 1. The summed E-state index contributed by atoms with van der Waals surface area (Å²) in [6.07, 6.45) is 5.41. The van der Waals surface area contributed by atoms with Crippen LogP contribution in [0, 0.1) is 11.8 Å². The van der Waals surface area contributed by atoms with Gasteiger partial charge in [-0.1, -0.05) is 6.42 Å². The summed E-state index contributed by atoms with van der Waals surface area (Å²) in [7, 11) is 4.06. The Hall–Kier alpha value is -1.90. The zero-order valence-corrected chi connectivity index (χ0v) is 17.9. The summed E-state index contributed by atoms with van der Waals surface area (Å²) in [5.74, 6) is -1.30. The SMILES string of the molecule is C[C@@H](O)[C@H]1C(=O)N2C(C(=O)O)=C(SCc3ccncc3)[C@H](CCCCN(C)C)[C@H]12. The number of amides is 1. The first-order chi connectivity index (χ1) is 13.8. The summed E-state index contributed by atoms with van der Waals surface area (Å²) in [6.45, 7) is 2.58. The largest absolute Gasteiger partial charge is 0.477 e. The topological polar surface area (TPSA) is 94.0 Å². The van der Waals surface area contributed by atoms with Gasteiger partial charge in [-0.25, -0.2) is 4.79 Å². The first-order valence-corrected chi connectivity index (χ1v) is 11.0. The predicted molar refractivity (Wildman–Crippen MR) is 112 cm³/mol. The molecule has 158 valence electrons. The van der Waals surface area contributed by atoms with E-state index in [1.54, 1.807) is 19.3 Å². The number of pyridine rings is 1. The van der Waals surface area contributed by atoms with Crippen LogP contribution < -0.4 is 0 Å². The lowest BCUT2D eigenvalue weighted by molar-refractivity contribution is -0.163. The van der Waals surface area contributed by atoms with E-state index in [1.807, 2.05) is 26.2 Å². The number of carbonyl (C=O) groups is 2. The van der Waals surface area contributed by atoms with Crippen LogP contribution >= 0.6 is 11.8 Å². The van der Waals surface area contributed by atoms with Crippen molar-refractivity contribution in [3.05, 3.63) is 40.7 Å². The average molecular weight is 420 g/mol. The number of nitrogens with zero attached hydrogens (tertiary/aromatic N) is 3. The van der Waals surface area contributed by atoms with Gasteiger partial charge >= 0.3 is 5.97 Å². The standard InChI is InChI=1S/C21H29N3O4S/c1-13(25)16-17-15(6-4-5-11-23(2)3)19(18(21(27)28)24(17)20(16)26)29-12-14-7-9-22-10-8-14/h7-10,13,15-17,25H,4-6,11-12H2,1-3H3,(H,27,28)/t13-,15-,16-,17-/m1/s1. The molecule has 0 aliphatic carbocycles. The molecule has 1 aromatic rings. The van der Waals surface area contributed by atoms with Gasteiger partial charge in [0.15, 0.2) is 0 Å². The Kier molecular flexibility index (Phi) is 6.97. The van der Waals surface area contributed by atoms with Gasteiger partial charge in [-0.05, 0) is 58.1 Å². The Morgan fingerprint density at radius 1 is 1.31 bits per heavy atom. The zero-order valence-electron chi connectivity index (χ0n) is 17.1. The Labute approximate surface area is 175 Å². The maximum absolute atomic E-state index is 12.6. The first kappa shape index (κ1) is 21.8. The molecule has 8 heteroatoms. The molecular weight excluding hydrogens is 390 g/mol. The van der Waals surface area contributed by atoms with E-state index in [-0.39, 0.29) is 23.6 Å². The summed E-state index contributed by atoms with van der Waals surface area (Å²) in [5, 5.41) is 20.0. The zero-order chi connectivity index (χ0) is 21.1. The number of aliphatic hydroxyl groups excluding tert-OH is 1. The molecule has 1 fully saturated rings. The predicted octanol–water partition coefficient (Wildman–Crippen LogP) is 2.18. The number of hydrogen-bond acceptors (Lipinski definition) is 6. The van der Waals surface area contributed by atoms with E-state index in [1.165, 1.54) is 16.7 Å². The number of fused-ring (bicyclic) bond motifs is 1. The second-order valence-electron chi connectivity index (χ2n) is 8.03. The highest BCUT2D eigenvalue weighted by Crippen LogP contribution is 2.52. The molecule has 2 N–H and O–H groups in total. The number of hydrogen-bond donors (Lipinski definition) is 2. The van der Waals surface area contributed by atoms with Gasteiger partial charge in [0.05, 0.1) is 18.1 Å². The van der Waals surface area contributed by atoms with E-state index in [0.29, 0.717) is 5.75 Å². The van der Waals surface area contributed by atoms with Gasteiger partial charge < -0.3 is 20.0 Å². The molecule has 29 heavy (non-hydrogen) atoms. The van der Waals surface area contributed by atoms with E-state index in [2.05, 4.69) is 9.88 Å². The molecule has 7 nitrogen and oxygen atoms in total. The molecule has 2 aliphatic heterocycles. The normalized spacial score (nSPS) is 24.7. The van der Waals surface area contributed by atoms with E-state index in [0.717, 1.165) is 36.3 Å². The van der Waals surface area contributed by atoms with Gasteiger partial charge in [-0.2, -0.15) is 0 Å². The number of aromatic nitrogens is 1. The smallest absolute Gasteiger partial charge is 0.353 e. The number of aliphatic hydroxyl groups is 1. The van der Waals surface area contributed by atoms with Crippen LogP contribution in [0.1, 0.15) is 31.7 Å². The van der Waals surface area contributed by atoms with Gasteiger partial charge in [0.1, 0.15) is 5.70 Å². The van der Waals surface area contributed by atoms with Crippen LogP contribution in [-0.4, -0.2) is 69.7 Å². The molecule has 0 radical (unpaired) electrons. The van der Waals surface area contributed by atoms with Crippen molar-refractivity contribution in [3.63, 3.8) is 0 Å². The van der Waals surface area contributed by atoms with Crippen molar-refractivity contribution in [2.24, 2.45) is 11.8 Å². The van der Waals surface area contributed by atoms with Gasteiger partial charge in [-0.15, -0.1) is 11.8 Å². The summed E-state index contributed by atoms with van der Waals surface area (Å²) < 4.78 is 0. The number of carboxylic acids is 1. The Morgan fingerprint density at radius 2 is 2.00 bits per heavy atom. The minimum atomic E-state index is -1.07. The molecule has 1 aromatic heterocycles. The van der Waals surface area contributed by atoms with Crippen molar-refractivity contribution in [1.82, 2.24) is 14.8 Å². The van der Waals surface area contributed by atoms with Crippen LogP contribution in [0.5, 0.6) is 0 Å². The molecule has 3 heterocycles. The summed E-state index contributed by atoms with van der Waals surface area (Å²) >= 11 is 1.49. The molecule has 0 unspecified atom stereocenters. The van der Waals surface area contributed by atoms with Gasteiger partial charge in [0, 0.05) is 29.0 Å². The number of β-lactam (4-membered cyclic amide) rings is 1. The number of carbonyl (C=O) groups excluding carboxylic acids is 1. The second-order valence-corrected chi connectivity index (χ2v) is 9.05. The summed E-state index contributed by atoms with van der Waals surface area (Å²) in [5.41, 5.74) is 1.16. The minimum absolute atomic E-state index is 0.0487. The molecule has 0 bridgehead atoms. The van der Waals surface area contributed by atoms with Crippen LogP contribution in [0.3, 0.4) is 0 Å². The molecule has 0 spiro atoms. The van der Waals surface area contributed by atoms with Crippen molar-refractivity contribution in [2.45, 2.75) is 44.1 Å².